The third kappa shape index (κ3) is 4.94. The van der Waals surface area contributed by atoms with Gasteiger partial charge in [-0.2, -0.15) is 0 Å². The average Bonchev–Trinajstić information content (AvgIpc) is 3.29. The lowest BCUT2D eigenvalue weighted by atomic mass is 10.1. The molecule has 0 unspecified atom stereocenters. The molecule has 1 aromatic carbocycles. The molecule has 7 heteroatoms. The number of nitrogens with zero attached hydrogens (tertiary/aromatic N) is 4. The fourth-order valence-corrected chi connectivity index (χ4v) is 4.54. The Morgan fingerprint density at radius 2 is 1.85 bits per heavy atom. The highest BCUT2D eigenvalue weighted by Gasteiger charge is 2.18. The van der Waals surface area contributed by atoms with Crippen LogP contribution in [0.15, 0.2) is 67.0 Å². The summed E-state index contributed by atoms with van der Waals surface area (Å²) in [4.78, 5) is 29.6. The molecule has 0 bridgehead atoms. The number of benzene rings is 1. The van der Waals surface area contributed by atoms with E-state index in [1.807, 2.05) is 43.5 Å². The maximum atomic E-state index is 12.7. The zero-order chi connectivity index (χ0) is 23.3. The van der Waals surface area contributed by atoms with Crippen molar-refractivity contribution in [1.29, 1.82) is 0 Å². The number of hydrogen-bond donors (Lipinski definition) is 2. The third-order valence-corrected chi connectivity index (χ3v) is 6.46. The van der Waals surface area contributed by atoms with E-state index in [2.05, 4.69) is 54.3 Å². The van der Waals surface area contributed by atoms with Crippen molar-refractivity contribution in [2.45, 2.75) is 13.3 Å². The second-order valence-corrected chi connectivity index (χ2v) is 8.76. The van der Waals surface area contributed by atoms with Gasteiger partial charge in [0.15, 0.2) is 0 Å². The molecule has 0 aliphatic carbocycles. The molecule has 0 radical (unpaired) electrons. The maximum absolute atomic E-state index is 12.7. The first-order valence-corrected chi connectivity index (χ1v) is 11.9. The van der Waals surface area contributed by atoms with Crippen LogP contribution in [0.4, 0.5) is 5.69 Å². The zero-order valence-electron chi connectivity index (χ0n) is 19.5. The predicted molar refractivity (Wildman–Crippen MR) is 136 cm³/mol. The minimum atomic E-state index is -0.0356. The molecule has 0 spiro atoms. The number of piperazine rings is 1. The number of carbonyl (C=O) groups is 1. The van der Waals surface area contributed by atoms with Gasteiger partial charge in [-0.15, -0.1) is 0 Å². The Kier molecular flexibility index (Phi) is 6.53. The number of aromatic amines is 1. The average molecular weight is 455 g/mol. The first kappa shape index (κ1) is 22.1. The summed E-state index contributed by atoms with van der Waals surface area (Å²) in [6.07, 6.45) is 4.52. The molecular formula is C27H30N6O. The summed E-state index contributed by atoms with van der Waals surface area (Å²) < 4.78 is 0. The van der Waals surface area contributed by atoms with Crippen molar-refractivity contribution in [1.82, 2.24) is 25.2 Å². The van der Waals surface area contributed by atoms with E-state index in [1.54, 1.807) is 6.20 Å². The lowest BCUT2D eigenvalue weighted by Crippen LogP contribution is -2.47. The van der Waals surface area contributed by atoms with E-state index >= 15 is 0 Å². The van der Waals surface area contributed by atoms with Crippen LogP contribution in [0.2, 0.25) is 0 Å². The Balaban J connectivity index is 1.07. The maximum Gasteiger partial charge on any atom is 0.253 e. The van der Waals surface area contributed by atoms with Crippen molar-refractivity contribution in [2.75, 3.05) is 44.2 Å². The molecule has 3 aromatic heterocycles. The monoisotopic (exact) mass is 454 g/mol. The molecule has 4 heterocycles. The molecule has 1 aliphatic rings. The second kappa shape index (κ2) is 10.1. The predicted octanol–water partition coefficient (Wildman–Crippen LogP) is 3.88. The summed E-state index contributed by atoms with van der Waals surface area (Å²) in [5.41, 5.74) is 5.54. The highest BCUT2D eigenvalue weighted by Crippen LogP contribution is 2.22. The van der Waals surface area contributed by atoms with E-state index in [0.717, 1.165) is 61.7 Å². The number of hydrogen-bond acceptors (Lipinski definition) is 5. The first-order valence-electron chi connectivity index (χ1n) is 11.9. The van der Waals surface area contributed by atoms with Crippen molar-refractivity contribution >= 4 is 22.5 Å². The van der Waals surface area contributed by atoms with Crippen molar-refractivity contribution < 1.29 is 4.79 Å². The summed E-state index contributed by atoms with van der Waals surface area (Å²) in [5.74, 6) is -0.0356. The largest absolute Gasteiger partial charge is 0.369 e. The normalized spacial score (nSPS) is 14.4. The minimum Gasteiger partial charge on any atom is -0.369 e. The van der Waals surface area contributed by atoms with Crippen LogP contribution in [0.1, 0.15) is 22.5 Å². The van der Waals surface area contributed by atoms with Gasteiger partial charge in [-0.3, -0.25) is 19.7 Å². The molecule has 0 atom stereocenters. The molecule has 1 amide bonds. The Bertz CT molecular complexity index is 1260. The van der Waals surface area contributed by atoms with Gasteiger partial charge in [0.2, 0.25) is 0 Å². The van der Waals surface area contributed by atoms with Crippen LogP contribution in [0.3, 0.4) is 0 Å². The highest BCUT2D eigenvalue weighted by atomic mass is 16.1. The lowest BCUT2D eigenvalue weighted by Gasteiger charge is -2.36. The van der Waals surface area contributed by atoms with Crippen LogP contribution in [0, 0.1) is 6.92 Å². The smallest absolute Gasteiger partial charge is 0.253 e. The van der Waals surface area contributed by atoms with Gasteiger partial charge in [0.05, 0.1) is 22.5 Å². The summed E-state index contributed by atoms with van der Waals surface area (Å²) in [6, 6.07) is 18.2. The fourth-order valence-electron chi connectivity index (χ4n) is 4.54. The molecule has 5 rings (SSSR count). The second-order valence-electron chi connectivity index (χ2n) is 8.76. The van der Waals surface area contributed by atoms with Gasteiger partial charge >= 0.3 is 0 Å². The summed E-state index contributed by atoms with van der Waals surface area (Å²) in [6.45, 7) is 7.66. The van der Waals surface area contributed by atoms with Gasteiger partial charge < -0.3 is 15.2 Å². The molecule has 1 aliphatic heterocycles. The Morgan fingerprint density at radius 3 is 2.68 bits per heavy atom. The fraction of sp³-hybridized carbons (Fsp3) is 0.296. The number of aromatic nitrogens is 3. The lowest BCUT2D eigenvalue weighted by molar-refractivity contribution is 0.0951. The van der Waals surface area contributed by atoms with E-state index in [1.165, 1.54) is 11.1 Å². The highest BCUT2D eigenvalue weighted by molar-refractivity contribution is 5.96. The molecule has 0 saturated carbocycles. The standard InChI is InChI=1S/C27H30N6O/c1-20-23(19-26(31-20)25-7-2-3-10-29-25)27(34)30-12-5-13-32-14-16-33(17-15-32)22-8-9-24-21(18-22)6-4-11-28-24/h2-4,6-11,18-19,31H,5,12-17H2,1H3,(H,30,34). The summed E-state index contributed by atoms with van der Waals surface area (Å²) >= 11 is 0. The van der Waals surface area contributed by atoms with E-state index in [4.69, 9.17) is 0 Å². The minimum absolute atomic E-state index is 0.0356. The Morgan fingerprint density at radius 1 is 1.00 bits per heavy atom. The van der Waals surface area contributed by atoms with Crippen molar-refractivity contribution in [3.63, 3.8) is 0 Å². The number of H-pyrrole nitrogens is 1. The van der Waals surface area contributed by atoms with Crippen LogP contribution in [-0.2, 0) is 0 Å². The topological polar surface area (TPSA) is 77.2 Å². The molecule has 2 N–H and O–H groups in total. The van der Waals surface area contributed by atoms with Crippen molar-refractivity contribution in [2.24, 2.45) is 0 Å². The van der Waals surface area contributed by atoms with E-state index < -0.39 is 0 Å². The molecule has 174 valence electrons. The van der Waals surface area contributed by atoms with Crippen LogP contribution in [-0.4, -0.2) is 65.0 Å². The molecule has 1 fully saturated rings. The molecular weight excluding hydrogens is 424 g/mol. The van der Waals surface area contributed by atoms with E-state index in [0.29, 0.717) is 12.1 Å². The SMILES string of the molecule is Cc1[nH]c(-c2ccccn2)cc1C(=O)NCCCN1CCN(c2ccc3ncccc3c2)CC1. The molecule has 7 nitrogen and oxygen atoms in total. The Hall–Kier alpha value is -3.71. The van der Waals surface area contributed by atoms with E-state index in [9.17, 15) is 4.79 Å². The summed E-state index contributed by atoms with van der Waals surface area (Å²) in [5, 5.41) is 4.26. The third-order valence-electron chi connectivity index (χ3n) is 6.46. The molecule has 34 heavy (non-hydrogen) atoms. The molecule has 1 saturated heterocycles. The van der Waals surface area contributed by atoms with Crippen LogP contribution in [0.5, 0.6) is 0 Å². The van der Waals surface area contributed by atoms with E-state index in [-0.39, 0.29) is 5.91 Å². The van der Waals surface area contributed by atoms with Crippen molar-refractivity contribution in [3.8, 4) is 11.4 Å². The van der Waals surface area contributed by atoms with Crippen LogP contribution >= 0.6 is 0 Å². The van der Waals surface area contributed by atoms with Crippen molar-refractivity contribution in [3.05, 3.63) is 78.2 Å². The van der Waals surface area contributed by atoms with Crippen LogP contribution in [0.25, 0.3) is 22.3 Å². The van der Waals surface area contributed by atoms with Gasteiger partial charge in [0.1, 0.15) is 0 Å². The van der Waals surface area contributed by atoms with Gasteiger partial charge in [0, 0.05) is 61.9 Å². The number of anilines is 1. The number of pyridine rings is 2. The quantitative estimate of drug-likeness (QED) is 0.415. The number of rotatable bonds is 7. The summed E-state index contributed by atoms with van der Waals surface area (Å²) in [7, 11) is 0. The zero-order valence-corrected chi connectivity index (χ0v) is 19.5. The number of amides is 1. The molecule has 4 aromatic rings. The van der Waals surface area contributed by atoms with Gasteiger partial charge in [-0.25, -0.2) is 0 Å². The van der Waals surface area contributed by atoms with Gasteiger partial charge in [-0.1, -0.05) is 12.1 Å². The number of carbonyl (C=O) groups excluding carboxylic acids is 1. The van der Waals surface area contributed by atoms with Crippen LogP contribution < -0.4 is 10.2 Å². The number of fused-ring (bicyclic) bond motifs is 1. The number of nitrogens with one attached hydrogen (secondary N) is 2. The first-order chi connectivity index (χ1) is 16.7. The van der Waals surface area contributed by atoms with Gasteiger partial charge in [0.25, 0.3) is 5.91 Å². The van der Waals surface area contributed by atoms with Gasteiger partial charge in [-0.05, 0) is 62.4 Å². The Labute approximate surface area is 199 Å². The number of aryl methyl sites for hydroxylation is 1.